The molecule has 1 atom stereocenters. The molecule has 1 rings (SSSR count). The van der Waals surface area contributed by atoms with E-state index in [9.17, 15) is 4.79 Å². The highest BCUT2D eigenvalue weighted by atomic mass is 35.5. The summed E-state index contributed by atoms with van der Waals surface area (Å²) in [4.78, 5) is 11.7. The van der Waals surface area contributed by atoms with Crippen LogP contribution in [-0.4, -0.2) is 18.1 Å². The molecule has 1 N–H and O–H groups in total. The molecule has 0 fully saturated rings. The quantitative estimate of drug-likeness (QED) is 0.898. The topological polar surface area (TPSA) is 38.3 Å². The zero-order chi connectivity index (χ0) is 13.0. The summed E-state index contributed by atoms with van der Waals surface area (Å²) in [6.07, 6.45) is -0.516. The predicted octanol–water partition coefficient (Wildman–Crippen LogP) is 2.94. The van der Waals surface area contributed by atoms with Gasteiger partial charge in [0.15, 0.2) is 6.10 Å². The third-order valence-electron chi connectivity index (χ3n) is 2.24. The van der Waals surface area contributed by atoms with Crippen LogP contribution in [0.3, 0.4) is 0 Å². The maximum absolute atomic E-state index is 11.7. The predicted molar refractivity (Wildman–Crippen MR) is 69.6 cm³/mol. The monoisotopic (exact) mass is 255 g/mol. The number of hydrogen-bond donors (Lipinski definition) is 1. The lowest BCUT2D eigenvalue weighted by molar-refractivity contribution is -0.127. The Morgan fingerprint density at radius 3 is 2.53 bits per heavy atom. The van der Waals surface area contributed by atoms with E-state index in [-0.39, 0.29) is 11.9 Å². The summed E-state index contributed by atoms with van der Waals surface area (Å²) < 4.78 is 5.59. The fourth-order valence-electron chi connectivity index (χ4n) is 1.39. The number of nitrogens with one attached hydrogen (secondary N) is 1. The summed E-state index contributed by atoms with van der Waals surface area (Å²) in [5.41, 5.74) is 0.918. The lowest BCUT2D eigenvalue weighted by Gasteiger charge is -2.17. The van der Waals surface area contributed by atoms with Crippen molar-refractivity contribution in [2.75, 3.05) is 0 Å². The normalized spacial score (nSPS) is 12.4. The van der Waals surface area contributed by atoms with E-state index in [2.05, 4.69) is 5.32 Å². The van der Waals surface area contributed by atoms with Gasteiger partial charge in [0.05, 0.1) is 0 Å². The first kappa shape index (κ1) is 13.8. The summed E-state index contributed by atoms with van der Waals surface area (Å²) >= 11 is 5.85. The molecular weight excluding hydrogens is 238 g/mol. The van der Waals surface area contributed by atoms with E-state index >= 15 is 0 Å². The number of carbonyl (C=O) groups is 1. The Labute approximate surface area is 107 Å². The van der Waals surface area contributed by atoms with Crippen LogP contribution in [0, 0.1) is 6.92 Å². The summed E-state index contributed by atoms with van der Waals surface area (Å²) in [5, 5.41) is 3.46. The van der Waals surface area contributed by atoms with E-state index in [4.69, 9.17) is 16.3 Å². The Morgan fingerprint density at radius 2 is 2.00 bits per heavy atom. The number of rotatable bonds is 4. The molecule has 0 aliphatic heterocycles. The van der Waals surface area contributed by atoms with E-state index in [1.165, 1.54) is 0 Å². The molecule has 0 aliphatic carbocycles. The Kier molecular flexibility index (Phi) is 4.82. The highest BCUT2D eigenvalue weighted by Crippen LogP contribution is 2.22. The van der Waals surface area contributed by atoms with E-state index in [0.29, 0.717) is 10.8 Å². The first-order chi connectivity index (χ1) is 7.90. The zero-order valence-electron chi connectivity index (χ0n) is 10.6. The highest BCUT2D eigenvalue weighted by Gasteiger charge is 2.16. The van der Waals surface area contributed by atoms with Gasteiger partial charge >= 0.3 is 0 Å². The van der Waals surface area contributed by atoms with E-state index in [1.54, 1.807) is 19.1 Å². The van der Waals surface area contributed by atoms with Crippen LogP contribution < -0.4 is 10.1 Å². The SMILES string of the molecule is Cc1cc(Cl)ccc1O[C@@H](C)C(=O)NC(C)C. The number of halogens is 1. The molecule has 3 nitrogen and oxygen atoms in total. The van der Waals surface area contributed by atoms with Gasteiger partial charge in [0.25, 0.3) is 5.91 Å². The summed E-state index contributed by atoms with van der Waals surface area (Å²) in [6, 6.07) is 5.44. The molecule has 17 heavy (non-hydrogen) atoms. The van der Waals surface area contributed by atoms with Crippen molar-refractivity contribution in [3.63, 3.8) is 0 Å². The number of hydrogen-bond acceptors (Lipinski definition) is 2. The van der Waals surface area contributed by atoms with Crippen LogP contribution in [0.5, 0.6) is 5.75 Å². The fourth-order valence-corrected chi connectivity index (χ4v) is 1.62. The molecule has 0 radical (unpaired) electrons. The molecule has 0 aromatic heterocycles. The van der Waals surface area contributed by atoms with Crippen LogP contribution in [0.1, 0.15) is 26.3 Å². The van der Waals surface area contributed by atoms with Crippen molar-refractivity contribution in [2.24, 2.45) is 0 Å². The molecule has 4 heteroatoms. The lowest BCUT2D eigenvalue weighted by atomic mass is 10.2. The van der Waals surface area contributed by atoms with Crippen LogP contribution >= 0.6 is 11.6 Å². The van der Waals surface area contributed by atoms with Gasteiger partial charge < -0.3 is 10.1 Å². The second-order valence-corrected chi connectivity index (χ2v) is 4.77. The van der Waals surface area contributed by atoms with Crippen molar-refractivity contribution in [1.82, 2.24) is 5.32 Å². The number of carbonyl (C=O) groups excluding carboxylic acids is 1. The van der Waals surface area contributed by atoms with Crippen LogP contribution in [0.25, 0.3) is 0 Å². The van der Waals surface area contributed by atoms with Crippen molar-refractivity contribution >= 4 is 17.5 Å². The molecule has 0 spiro atoms. The van der Waals surface area contributed by atoms with Gasteiger partial charge in [-0.2, -0.15) is 0 Å². The zero-order valence-corrected chi connectivity index (χ0v) is 11.3. The van der Waals surface area contributed by atoms with Crippen molar-refractivity contribution in [3.05, 3.63) is 28.8 Å². The molecule has 94 valence electrons. The number of ether oxygens (including phenoxy) is 1. The van der Waals surface area contributed by atoms with Gasteiger partial charge in [0.2, 0.25) is 0 Å². The minimum atomic E-state index is -0.516. The number of benzene rings is 1. The molecule has 0 saturated heterocycles. The Balaban J connectivity index is 2.67. The van der Waals surface area contributed by atoms with Crippen molar-refractivity contribution in [1.29, 1.82) is 0 Å². The minimum Gasteiger partial charge on any atom is -0.481 e. The van der Waals surface area contributed by atoms with Crippen molar-refractivity contribution in [2.45, 2.75) is 39.8 Å². The average molecular weight is 256 g/mol. The van der Waals surface area contributed by atoms with Gasteiger partial charge in [-0.05, 0) is 51.5 Å². The second-order valence-electron chi connectivity index (χ2n) is 4.33. The molecule has 0 unspecified atom stereocenters. The molecule has 1 amide bonds. The first-order valence-electron chi connectivity index (χ1n) is 5.63. The first-order valence-corrected chi connectivity index (χ1v) is 6.01. The third kappa shape index (κ3) is 4.27. The van der Waals surface area contributed by atoms with Gasteiger partial charge in [-0.15, -0.1) is 0 Å². The van der Waals surface area contributed by atoms with Gasteiger partial charge in [-0.3, -0.25) is 4.79 Å². The lowest BCUT2D eigenvalue weighted by Crippen LogP contribution is -2.40. The van der Waals surface area contributed by atoms with Crippen LogP contribution in [0.2, 0.25) is 5.02 Å². The standard InChI is InChI=1S/C13H18ClNO2/c1-8(2)15-13(16)10(4)17-12-6-5-11(14)7-9(12)3/h5-8,10H,1-4H3,(H,15,16)/t10-/m0/s1. The summed E-state index contributed by atoms with van der Waals surface area (Å²) in [5.74, 6) is 0.565. The fraction of sp³-hybridized carbons (Fsp3) is 0.462. The van der Waals surface area contributed by atoms with E-state index in [0.717, 1.165) is 5.56 Å². The Morgan fingerprint density at radius 1 is 1.35 bits per heavy atom. The second kappa shape index (κ2) is 5.92. The maximum atomic E-state index is 11.7. The number of amides is 1. The Bertz CT molecular complexity index is 404. The van der Waals surface area contributed by atoms with Crippen molar-refractivity contribution in [3.8, 4) is 5.75 Å². The van der Waals surface area contributed by atoms with Crippen LogP contribution in [0.4, 0.5) is 0 Å². The Hall–Kier alpha value is -1.22. The minimum absolute atomic E-state index is 0.111. The summed E-state index contributed by atoms with van der Waals surface area (Å²) in [7, 11) is 0. The molecule has 1 aromatic carbocycles. The number of aryl methyl sites for hydroxylation is 1. The smallest absolute Gasteiger partial charge is 0.260 e. The third-order valence-corrected chi connectivity index (χ3v) is 2.48. The maximum Gasteiger partial charge on any atom is 0.260 e. The molecule has 0 aliphatic rings. The summed E-state index contributed by atoms with van der Waals surface area (Å²) in [6.45, 7) is 7.45. The highest BCUT2D eigenvalue weighted by molar-refractivity contribution is 6.30. The molecule has 1 aromatic rings. The average Bonchev–Trinajstić information content (AvgIpc) is 2.21. The molecule has 0 heterocycles. The molecular formula is C13H18ClNO2. The van der Waals surface area contributed by atoms with Crippen LogP contribution in [-0.2, 0) is 4.79 Å². The van der Waals surface area contributed by atoms with Gasteiger partial charge in [-0.1, -0.05) is 11.6 Å². The van der Waals surface area contributed by atoms with Gasteiger partial charge in [0.1, 0.15) is 5.75 Å². The van der Waals surface area contributed by atoms with Gasteiger partial charge in [0, 0.05) is 11.1 Å². The van der Waals surface area contributed by atoms with Gasteiger partial charge in [-0.25, -0.2) is 0 Å². The molecule has 0 bridgehead atoms. The van der Waals surface area contributed by atoms with E-state index < -0.39 is 6.10 Å². The van der Waals surface area contributed by atoms with Crippen molar-refractivity contribution < 1.29 is 9.53 Å². The van der Waals surface area contributed by atoms with Crippen LogP contribution in [0.15, 0.2) is 18.2 Å². The molecule has 0 saturated carbocycles. The van der Waals surface area contributed by atoms with E-state index in [1.807, 2.05) is 26.8 Å². The largest absolute Gasteiger partial charge is 0.481 e.